The summed E-state index contributed by atoms with van der Waals surface area (Å²) in [5.41, 5.74) is 0. The smallest absolute Gasteiger partial charge is 0.310 e. The Kier molecular flexibility index (Phi) is 14.3. The summed E-state index contributed by atoms with van der Waals surface area (Å²) in [5.74, 6) is 0. The van der Waals surface area contributed by atoms with Gasteiger partial charge in [-0.2, -0.15) is 0 Å². The molecule has 0 fully saturated rings. The average Bonchev–Trinajstić information content (AvgIpc) is 2.44. The molecule has 0 unspecified atom stereocenters. The Hall–Kier alpha value is 1.14. The first-order chi connectivity index (χ1) is 13.5. The van der Waals surface area contributed by atoms with Crippen LogP contribution in [0.2, 0.25) is 90.7 Å². The maximum Gasteiger partial charge on any atom is 0.310 e. The Labute approximate surface area is 197 Å². The van der Waals surface area contributed by atoms with Crippen LogP contribution in [0.25, 0.3) is 0 Å². The lowest BCUT2D eigenvalue weighted by Crippen LogP contribution is -2.48. The fourth-order valence-electron chi connectivity index (χ4n) is 4.42. The van der Waals surface area contributed by atoms with Crippen LogP contribution in [-0.4, -0.2) is 51.8 Å². The Bertz CT molecular complexity index is 428. The van der Waals surface area contributed by atoms with Crippen LogP contribution in [0.3, 0.4) is 0 Å². The van der Waals surface area contributed by atoms with Gasteiger partial charge in [-0.1, -0.05) is 38.5 Å². The van der Waals surface area contributed by atoms with E-state index >= 15 is 0 Å². The Morgan fingerprint density at radius 2 is 0.733 bits per heavy atom. The van der Waals surface area contributed by atoms with E-state index in [1.165, 1.54) is 50.6 Å². The first-order valence-electron chi connectivity index (χ1n) is 12.2. The largest absolute Gasteiger partial charge is 0.440 e. The molecule has 0 aromatic heterocycles. The fraction of sp³-hybridized carbons (Fsp3) is 1.00. The van der Waals surface area contributed by atoms with Gasteiger partial charge in [-0.15, -0.1) is 0 Å². The summed E-state index contributed by atoms with van der Waals surface area (Å²) in [6, 6.07) is 2.53. The highest BCUT2D eigenvalue weighted by atomic mass is 28.5. The molecular formula is C20H54O4Si6. The van der Waals surface area contributed by atoms with E-state index in [9.17, 15) is 0 Å². The van der Waals surface area contributed by atoms with Crippen LogP contribution in [0.15, 0.2) is 0 Å². The van der Waals surface area contributed by atoms with Crippen molar-refractivity contribution in [2.75, 3.05) is 0 Å². The first-order valence-corrected chi connectivity index (χ1v) is 29.6. The van der Waals surface area contributed by atoms with Gasteiger partial charge in [0.25, 0.3) is 0 Å². The lowest BCUT2D eigenvalue weighted by atomic mass is 10.1. The molecule has 0 aromatic rings. The van der Waals surface area contributed by atoms with E-state index < -0.39 is 51.8 Å². The van der Waals surface area contributed by atoms with Crippen LogP contribution in [-0.2, 0) is 16.5 Å². The van der Waals surface area contributed by atoms with E-state index in [2.05, 4.69) is 78.6 Å². The second-order valence-electron chi connectivity index (χ2n) is 11.5. The number of rotatable bonds is 17. The molecule has 0 saturated carbocycles. The van der Waals surface area contributed by atoms with Crippen molar-refractivity contribution < 1.29 is 16.5 Å². The Morgan fingerprint density at radius 3 is 1.00 bits per heavy atom. The van der Waals surface area contributed by atoms with Gasteiger partial charge >= 0.3 is 17.1 Å². The molecule has 0 aliphatic rings. The first kappa shape index (κ1) is 31.1. The summed E-state index contributed by atoms with van der Waals surface area (Å²) < 4.78 is 25.5. The van der Waals surface area contributed by atoms with Crippen LogP contribution in [0, 0.1) is 0 Å². The predicted molar refractivity (Wildman–Crippen MR) is 149 cm³/mol. The van der Waals surface area contributed by atoms with Crippen LogP contribution < -0.4 is 0 Å². The normalized spacial score (nSPS) is 14.2. The standard InChI is InChI=1S/C20H54O4Si6/c1-25(2)21-29(9,10)23-27(5,6)19-17-15-13-14-16-18-20-28(7,8)24-30(11,12)22-26(3)4/h25-26H,13-20H2,1-12H3. The number of unbranched alkanes of at least 4 members (excludes halogenated alkanes) is 5. The molecule has 182 valence electrons. The highest BCUT2D eigenvalue weighted by Crippen LogP contribution is 2.25. The SMILES string of the molecule is C[SiH](C)O[Si](C)(C)O[Si](C)(C)CCCCCCCC[Si](C)(C)O[Si](C)(C)O[SiH](C)C. The average molecular weight is 527 g/mol. The summed E-state index contributed by atoms with van der Waals surface area (Å²) in [4.78, 5) is 0. The van der Waals surface area contributed by atoms with Gasteiger partial charge in [0.1, 0.15) is 0 Å². The van der Waals surface area contributed by atoms with Gasteiger partial charge in [0.2, 0.25) is 0 Å². The van der Waals surface area contributed by atoms with Crippen LogP contribution in [0.5, 0.6) is 0 Å². The van der Waals surface area contributed by atoms with Crippen LogP contribution in [0.4, 0.5) is 0 Å². The third-order valence-corrected chi connectivity index (χ3v) is 24.7. The van der Waals surface area contributed by atoms with E-state index in [0.29, 0.717) is 0 Å². The molecule has 0 rings (SSSR count). The zero-order valence-electron chi connectivity index (χ0n) is 22.4. The van der Waals surface area contributed by atoms with E-state index in [-0.39, 0.29) is 0 Å². The molecule has 0 radical (unpaired) electrons. The van der Waals surface area contributed by atoms with Gasteiger partial charge in [-0.05, 0) is 90.7 Å². The number of hydrogen-bond donors (Lipinski definition) is 0. The summed E-state index contributed by atoms with van der Waals surface area (Å²) in [6.45, 7) is 27.4. The van der Waals surface area contributed by atoms with Crippen molar-refractivity contribution in [2.24, 2.45) is 0 Å². The zero-order valence-corrected chi connectivity index (χ0v) is 28.8. The molecule has 30 heavy (non-hydrogen) atoms. The minimum atomic E-state index is -1.92. The second-order valence-corrected chi connectivity index (χ2v) is 32.8. The molecule has 0 aromatic carbocycles. The van der Waals surface area contributed by atoms with Crippen molar-refractivity contribution in [3.63, 3.8) is 0 Å². The van der Waals surface area contributed by atoms with Crippen molar-refractivity contribution in [1.29, 1.82) is 0 Å². The summed E-state index contributed by atoms with van der Waals surface area (Å²) in [7, 11) is -9.07. The highest BCUT2D eigenvalue weighted by molar-refractivity contribution is 6.85. The summed E-state index contributed by atoms with van der Waals surface area (Å²) in [5, 5.41) is 0. The molecule has 0 aliphatic heterocycles. The third kappa shape index (κ3) is 17.7. The molecule has 4 nitrogen and oxygen atoms in total. The summed E-state index contributed by atoms with van der Waals surface area (Å²) >= 11 is 0. The topological polar surface area (TPSA) is 36.9 Å². The number of hydrogen-bond acceptors (Lipinski definition) is 4. The molecule has 0 atom stereocenters. The monoisotopic (exact) mass is 526 g/mol. The van der Waals surface area contributed by atoms with Gasteiger partial charge in [0.15, 0.2) is 34.7 Å². The van der Waals surface area contributed by atoms with Gasteiger partial charge in [-0.25, -0.2) is 0 Å². The molecule has 0 N–H and O–H groups in total. The molecule has 0 heterocycles. The quantitative estimate of drug-likeness (QED) is 0.149. The van der Waals surface area contributed by atoms with Gasteiger partial charge in [0.05, 0.1) is 0 Å². The lowest BCUT2D eigenvalue weighted by Gasteiger charge is -2.35. The molecule has 10 heteroatoms. The molecule has 0 aliphatic carbocycles. The van der Waals surface area contributed by atoms with E-state index in [1.807, 2.05) is 0 Å². The van der Waals surface area contributed by atoms with E-state index in [0.717, 1.165) is 0 Å². The summed E-state index contributed by atoms with van der Waals surface area (Å²) in [6.07, 6.45) is 8.00. The maximum atomic E-state index is 6.56. The highest BCUT2D eigenvalue weighted by Gasteiger charge is 2.35. The third-order valence-electron chi connectivity index (χ3n) is 4.89. The van der Waals surface area contributed by atoms with E-state index in [4.69, 9.17) is 16.5 Å². The van der Waals surface area contributed by atoms with Gasteiger partial charge < -0.3 is 16.5 Å². The molecule has 0 saturated heterocycles. The van der Waals surface area contributed by atoms with Crippen molar-refractivity contribution in [3.05, 3.63) is 0 Å². The molecule has 0 amide bonds. The van der Waals surface area contributed by atoms with E-state index in [1.54, 1.807) is 0 Å². The minimum absolute atomic E-state index is 1.02. The second kappa shape index (κ2) is 13.8. The molecule has 0 spiro atoms. The van der Waals surface area contributed by atoms with Crippen molar-refractivity contribution in [2.45, 2.75) is 129 Å². The molecular weight excluding hydrogens is 473 g/mol. The fourth-order valence-corrected chi connectivity index (χ4v) is 28.4. The van der Waals surface area contributed by atoms with Crippen LogP contribution in [0.1, 0.15) is 38.5 Å². The Morgan fingerprint density at radius 1 is 0.467 bits per heavy atom. The minimum Gasteiger partial charge on any atom is -0.440 e. The van der Waals surface area contributed by atoms with Gasteiger partial charge in [-0.3, -0.25) is 0 Å². The lowest BCUT2D eigenvalue weighted by molar-refractivity contribution is 0.397. The zero-order chi connectivity index (χ0) is 23.6. The predicted octanol–water partition coefficient (Wildman–Crippen LogP) is 7.17. The van der Waals surface area contributed by atoms with Crippen molar-refractivity contribution in [1.82, 2.24) is 0 Å². The van der Waals surface area contributed by atoms with Gasteiger partial charge in [0, 0.05) is 0 Å². The molecule has 0 bridgehead atoms. The maximum absolute atomic E-state index is 6.56. The Balaban J connectivity index is 3.99. The van der Waals surface area contributed by atoms with Crippen molar-refractivity contribution >= 4 is 51.8 Å². The van der Waals surface area contributed by atoms with Crippen molar-refractivity contribution in [3.8, 4) is 0 Å². The van der Waals surface area contributed by atoms with Crippen LogP contribution >= 0.6 is 0 Å².